The molecule has 0 aromatic heterocycles. The molecule has 0 saturated carbocycles. The SMILES string of the molecule is COc1cccc(N=C(N)NC(=O)OCCC(C)C)c1. The average molecular weight is 279 g/mol. The monoisotopic (exact) mass is 279 g/mol. The molecule has 0 atom stereocenters. The van der Waals surface area contributed by atoms with Crippen molar-refractivity contribution < 1.29 is 14.3 Å². The summed E-state index contributed by atoms with van der Waals surface area (Å²) in [7, 11) is 1.57. The predicted molar refractivity (Wildman–Crippen MR) is 78.2 cm³/mol. The molecule has 0 aliphatic heterocycles. The lowest BCUT2D eigenvalue weighted by molar-refractivity contribution is 0.146. The molecule has 0 aliphatic rings. The average Bonchev–Trinajstić information content (AvgIpc) is 2.38. The number of ether oxygens (including phenoxy) is 2. The first-order valence-electron chi connectivity index (χ1n) is 6.43. The third-order valence-electron chi connectivity index (χ3n) is 2.46. The van der Waals surface area contributed by atoms with Gasteiger partial charge in [0.25, 0.3) is 0 Å². The van der Waals surface area contributed by atoms with Gasteiger partial charge >= 0.3 is 6.09 Å². The van der Waals surface area contributed by atoms with Crippen molar-refractivity contribution in [2.24, 2.45) is 16.6 Å². The second-order valence-corrected chi connectivity index (χ2v) is 4.64. The van der Waals surface area contributed by atoms with E-state index in [0.29, 0.717) is 24.0 Å². The number of nitrogens with zero attached hydrogens (tertiary/aromatic N) is 1. The largest absolute Gasteiger partial charge is 0.497 e. The van der Waals surface area contributed by atoms with Gasteiger partial charge in [0.05, 0.1) is 19.4 Å². The Morgan fingerprint density at radius 1 is 1.45 bits per heavy atom. The number of rotatable bonds is 5. The Labute approximate surface area is 119 Å². The maximum absolute atomic E-state index is 11.4. The summed E-state index contributed by atoms with van der Waals surface area (Å²) in [5, 5.41) is 2.37. The minimum atomic E-state index is -0.602. The predicted octanol–water partition coefficient (Wildman–Crippen LogP) is 2.41. The van der Waals surface area contributed by atoms with Gasteiger partial charge in [-0.25, -0.2) is 9.79 Å². The number of nitrogens with two attached hydrogens (primary N) is 1. The summed E-state index contributed by atoms with van der Waals surface area (Å²) in [6.07, 6.45) is 0.204. The van der Waals surface area contributed by atoms with Gasteiger partial charge in [-0.15, -0.1) is 0 Å². The van der Waals surface area contributed by atoms with Crippen LogP contribution in [0.1, 0.15) is 20.3 Å². The molecule has 0 bridgehead atoms. The quantitative estimate of drug-likeness (QED) is 0.640. The molecule has 1 aromatic carbocycles. The lowest BCUT2D eigenvalue weighted by Crippen LogP contribution is -2.37. The molecular weight excluding hydrogens is 258 g/mol. The number of nitrogens with one attached hydrogen (secondary N) is 1. The summed E-state index contributed by atoms with van der Waals surface area (Å²) in [5.74, 6) is 1.12. The molecule has 6 heteroatoms. The highest BCUT2D eigenvalue weighted by atomic mass is 16.5. The van der Waals surface area contributed by atoms with Crippen LogP contribution in [0, 0.1) is 5.92 Å². The minimum absolute atomic E-state index is 0.0206. The number of aliphatic imine (C=N–C) groups is 1. The molecule has 0 saturated heterocycles. The number of methoxy groups -OCH3 is 1. The van der Waals surface area contributed by atoms with Gasteiger partial charge in [0.15, 0.2) is 0 Å². The summed E-state index contributed by atoms with van der Waals surface area (Å²) >= 11 is 0. The Morgan fingerprint density at radius 2 is 2.20 bits per heavy atom. The van der Waals surface area contributed by atoms with E-state index in [9.17, 15) is 4.79 Å². The van der Waals surface area contributed by atoms with E-state index in [1.165, 1.54) is 0 Å². The first kappa shape index (κ1) is 15.8. The third kappa shape index (κ3) is 6.08. The molecule has 1 aromatic rings. The van der Waals surface area contributed by atoms with Crippen molar-refractivity contribution in [2.75, 3.05) is 13.7 Å². The van der Waals surface area contributed by atoms with Crippen molar-refractivity contribution in [3.63, 3.8) is 0 Å². The van der Waals surface area contributed by atoms with Crippen LogP contribution in [0.5, 0.6) is 5.75 Å². The maximum atomic E-state index is 11.4. The van der Waals surface area contributed by atoms with E-state index < -0.39 is 6.09 Å². The van der Waals surface area contributed by atoms with Gasteiger partial charge in [0, 0.05) is 6.07 Å². The van der Waals surface area contributed by atoms with E-state index in [-0.39, 0.29) is 5.96 Å². The fourth-order valence-corrected chi connectivity index (χ4v) is 1.38. The van der Waals surface area contributed by atoms with Crippen molar-refractivity contribution >= 4 is 17.7 Å². The molecule has 1 rings (SSSR count). The molecule has 0 unspecified atom stereocenters. The van der Waals surface area contributed by atoms with E-state index in [1.807, 2.05) is 0 Å². The Hall–Kier alpha value is -2.24. The second kappa shape index (κ2) is 8.04. The van der Waals surface area contributed by atoms with Crippen LogP contribution in [-0.4, -0.2) is 25.8 Å². The van der Waals surface area contributed by atoms with Crippen LogP contribution < -0.4 is 15.8 Å². The number of carbonyl (C=O) groups excluding carboxylic acids is 1. The van der Waals surface area contributed by atoms with Gasteiger partial charge in [0.1, 0.15) is 5.75 Å². The molecule has 1 amide bonds. The van der Waals surface area contributed by atoms with Crippen LogP contribution in [0.3, 0.4) is 0 Å². The minimum Gasteiger partial charge on any atom is -0.497 e. The maximum Gasteiger partial charge on any atom is 0.413 e. The Balaban J connectivity index is 2.50. The van der Waals surface area contributed by atoms with Crippen LogP contribution in [0.4, 0.5) is 10.5 Å². The topological polar surface area (TPSA) is 85.9 Å². The van der Waals surface area contributed by atoms with E-state index in [0.717, 1.165) is 6.42 Å². The van der Waals surface area contributed by atoms with Crippen LogP contribution >= 0.6 is 0 Å². The summed E-state index contributed by atoms with van der Waals surface area (Å²) < 4.78 is 10.0. The smallest absolute Gasteiger partial charge is 0.413 e. The molecule has 6 nitrogen and oxygen atoms in total. The second-order valence-electron chi connectivity index (χ2n) is 4.64. The standard InChI is InChI=1S/C14H21N3O3/c1-10(2)7-8-20-14(18)17-13(15)16-11-5-4-6-12(9-11)19-3/h4-6,9-10H,7-8H2,1-3H3,(H3,15,16,17,18). The number of hydrogen-bond acceptors (Lipinski definition) is 4. The van der Waals surface area contributed by atoms with Crippen LogP contribution in [-0.2, 0) is 4.74 Å². The highest BCUT2D eigenvalue weighted by molar-refractivity contribution is 5.94. The van der Waals surface area contributed by atoms with Crippen molar-refractivity contribution in [1.82, 2.24) is 5.32 Å². The highest BCUT2D eigenvalue weighted by Gasteiger charge is 2.05. The van der Waals surface area contributed by atoms with Crippen LogP contribution in [0.25, 0.3) is 0 Å². The zero-order valence-electron chi connectivity index (χ0n) is 12.1. The molecule has 20 heavy (non-hydrogen) atoms. The lowest BCUT2D eigenvalue weighted by Gasteiger charge is -2.08. The zero-order chi connectivity index (χ0) is 15.0. The molecule has 0 heterocycles. The van der Waals surface area contributed by atoms with Gasteiger partial charge in [-0.1, -0.05) is 19.9 Å². The molecule has 3 N–H and O–H groups in total. The molecular formula is C14H21N3O3. The normalized spacial score (nSPS) is 11.3. The van der Waals surface area contributed by atoms with E-state index in [2.05, 4.69) is 24.2 Å². The Bertz CT molecular complexity index is 472. The molecule has 0 spiro atoms. The van der Waals surface area contributed by atoms with Crippen molar-refractivity contribution in [3.05, 3.63) is 24.3 Å². The van der Waals surface area contributed by atoms with E-state index >= 15 is 0 Å². The van der Waals surface area contributed by atoms with Gasteiger partial charge in [-0.05, 0) is 24.5 Å². The number of hydrogen-bond donors (Lipinski definition) is 2. The van der Waals surface area contributed by atoms with Gasteiger partial charge in [-0.2, -0.15) is 0 Å². The van der Waals surface area contributed by atoms with E-state index in [4.69, 9.17) is 15.2 Å². The van der Waals surface area contributed by atoms with Crippen molar-refractivity contribution in [2.45, 2.75) is 20.3 Å². The number of amides is 1. The lowest BCUT2D eigenvalue weighted by atomic mass is 10.1. The molecule has 0 aliphatic carbocycles. The summed E-state index contributed by atoms with van der Waals surface area (Å²) in [6, 6.07) is 7.04. The van der Waals surface area contributed by atoms with Gasteiger partial charge in [-0.3, -0.25) is 5.32 Å². The third-order valence-corrected chi connectivity index (χ3v) is 2.46. The molecule has 110 valence electrons. The highest BCUT2D eigenvalue weighted by Crippen LogP contribution is 2.18. The number of carbonyl (C=O) groups is 1. The zero-order valence-corrected chi connectivity index (χ0v) is 12.1. The number of alkyl carbamates (subject to hydrolysis) is 1. The van der Waals surface area contributed by atoms with Crippen LogP contribution in [0.15, 0.2) is 29.3 Å². The summed E-state index contributed by atoms with van der Waals surface area (Å²) in [4.78, 5) is 15.5. The molecule has 0 fully saturated rings. The molecule has 0 radical (unpaired) electrons. The van der Waals surface area contributed by atoms with Gasteiger partial charge < -0.3 is 15.2 Å². The Kier molecular flexibility index (Phi) is 6.36. The fourth-order valence-electron chi connectivity index (χ4n) is 1.38. The first-order valence-corrected chi connectivity index (χ1v) is 6.43. The Morgan fingerprint density at radius 3 is 2.85 bits per heavy atom. The van der Waals surface area contributed by atoms with Crippen LogP contribution in [0.2, 0.25) is 0 Å². The van der Waals surface area contributed by atoms with Gasteiger partial charge in [0.2, 0.25) is 5.96 Å². The number of benzene rings is 1. The fraction of sp³-hybridized carbons (Fsp3) is 0.429. The first-order chi connectivity index (χ1) is 9.51. The van der Waals surface area contributed by atoms with Crippen molar-refractivity contribution in [3.8, 4) is 5.75 Å². The summed E-state index contributed by atoms with van der Waals surface area (Å²) in [5.41, 5.74) is 6.21. The van der Waals surface area contributed by atoms with Crippen molar-refractivity contribution in [1.29, 1.82) is 0 Å². The number of guanidine groups is 1. The summed E-state index contributed by atoms with van der Waals surface area (Å²) in [6.45, 7) is 4.47. The van der Waals surface area contributed by atoms with E-state index in [1.54, 1.807) is 31.4 Å².